The highest BCUT2D eigenvalue weighted by Gasteiger charge is 2.38. The van der Waals surface area contributed by atoms with Crippen LogP contribution >= 0.6 is 0 Å². The highest BCUT2D eigenvalue weighted by atomic mass is 16.3. The molecule has 1 fully saturated rings. The molecule has 0 saturated heterocycles. The number of rotatable bonds is 5. The van der Waals surface area contributed by atoms with Crippen LogP contribution in [0.5, 0.6) is 0 Å². The number of aliphatic hydroxyl groups excluding tert-OH is 1. The molecule has 3 aromatic heterocycles. The third kappa shape index (κ3) is 3.70. The van der Waals surface area contributed by atoms with E-state index in [-0.39, 0.29) is 17.7 Å². The first-order valence-electron chi connectivity index (χ1n) is 9.06. The Bertz CT molecular complexity index is 990. The fourth-order valence-corrected chi connectivity index (χ4v) is 3.48. The molecule has 1 aliphatic carbocycles. The molecule has 1 saturated carbocycles. The Kier molecular flexibility index (Phi) is 4.98. The van der Waals surface area contributed by atoms with Crippen molar-refractivity contribution in [1.29, 1.82) is 0 Å². The Morgan fingerprint density at radius 3 is 2.93 bits per heavy atom. The van der Waals surface area contributed by atoms with Crippen LogP contribution < -0.4 is 10.6 Å². The zero-order valence-electron chi connectivity index (χ0n) is 15.0. The summed E-state index contributed by atoms with van der Waals surface area (Å²) in [4.78, 5) is 29.2. The Labute approximate surface area is 160 Å². The molecule has 0 radical (unpaired) electrons. The van der Waals surface area contributed by atoms with Crippen LogP contribution in [-0.2, 0) is 11.3 Å². The minimum absolute atomic E-state index is 0.152. The van der Waals surface area contributed by atoms with E-state index in [1.54, 1.807) is 28.9 Å². The number of carbonyl (C=O) groups excluding carboxylic acids is 2. The zero-order chi connectivity index (χ0) is 19.5. The molecule has 9 nitrogen and oxygen atoms in total. The van der Waals surface area contributed by atoms with Gasteiger partial charge in [-0.3, -0.25) is 19.0 Å². The molecule has 1 aliphatic rings. The Morgan fingerprint density at radius 2 is 2.11 bits per heavy atom. The van der Waals surface area contributed by atoms with E-state index in [4.69, 9.17) is 0 Å². The number of hydrogen-bond donors (Lipinski definition) is 3. The van der Waals surface area contributed by atoms with Crippen molar-refractivity contribution in [2.24, 2.45) is 5.92 Å². The molecule has 0 spiro atoms. The second-order valence-electron chi connectivity index (χ2n) is 6.84. The van der Waals surface area contributed by atoms with Crippen LogP contribution in [0.15, 0.2) is 49.1 Å². The summed E-state index contributed by atoms with van der Waals surface area (Å²) in [5.41, 5.74) is 1.58. The maximum atomic E-state index is 12.6. The first-order chi connectivity index (χ1) is 13.6. The third-order valence-electron chi connectivity index (χ3n) is 4.95. The monoisotopic (exact) mass is 380 g/mol. The molecule has 0 unspecified atom stereocenters. The van der Waals surface area contributed by atoms with E-state index < -0.39 is 12.1 Å². The second-order valence-corrected chi connectivity index (χ2v) is 6.84. The molecule has 4 rings (SSSR count). The topological polar surface area (TPSA) is 122 Å². The van der Waals surface area contributed by atoms with Gasteiger partial charge in [0.1, 0.15) is 6.33 Å². The molecule has 0 bridgehead atoms. The number of carbonyl (C=O) groups is 2. The number of fused-ring (bicyclic) bond motifs is 1. The van der Waals surface area contributed by atoms with E-state index in [0.717, 1.165) is 5.69 Å². The molecule has 9 heteroatoms. The fourth-order valence-electron chi connectivity index (χ4n) is 3.48. The van der Waals surface area contributed by atoms with Crippen molar-refractivity contribution < 1.29 is 14.7 Å². The number of amides is 2. The standard InChI is InChI=1S/C19H20N6O3/c26-16-9-12(18(27)21-10-13-4-1-2-6-20-13)8-15(16)23-19(28)14-5-3-7-25-11-22-24-17(14)25/h1-7,11-12,15-16,26H,8-10H2,(H,21,27)(H,23,28)/t12-,15+,16+/m0/s1. The first kappa shape index (κ1) is 18.1. The van der Waals surface area contributed by atoms with E-state index >= 15 is 0 Å². The van der Waals surface area contributed by atoms with Crippen LogP contribution in [0.4, 0.5) is 0 Å². The van der Waals surface area contributed by atoms with Gasteiger partial charge in [-0.05, 0) is 37.1 Å². The lowest BCUT2D eigenvalue weighted by molar-refractivity contribution is -0.125. The maximum absolute atomic E-state index is 12.6. The Hall–Kier alpha value is -3.33. The number of aliphatic hydroxyl groups is 1. The molecule has 3 atom stereocenters. The van der Waals surface area contributed by atoms with E-state index in [2.05, 4.69) is 25.8 Å². The normalized spacial score (nSPS) is 21.5. The summed E-state index contributed by atoms with van der Waals surface area (Å²) < 4.78 is 1.65. The summed E-state index contributed by atoms with van der Waals surface area (Å²) in [7, 11) is 0. The van der Waals surface area contributed by atoms with Gasteiger partial charge in [-0.2, -0.15) is 0 Å². The molecule has 144 valence electrons. The highest BCUT2D eigenvalue weighted by molar-refractivity contribution is 5.99. The van der Waals surface area contributed by atoms with Gasteiger partial charge < -0.3 is 15.7 Å². The van der Waals surface area contributed by atoms with Crippen LogP contribution in [0, 0.1) is 5.92 Å². The maximum Gasteiger partial charge on any atom is 0.255 e. The minimum atomic E-state index is -0.785. The van der Waals surface area contributed by atoms with E-state index in [1.165, 1.54) is 6.33 Å². The molecule has 3 aromatic rings. The van der Waals surface area contributed by atoms with E-state index in [0.29, 0.717) is 30.6 Å². The first-order valence-corrected chi connectivity index (χ1v) is 9.06. The molecule has 28 heavy (non-hydrogen) atoms. The number of pyridine rings is 2. The van der Waals surface area contributed by atoms with Gasteiger partial charge in [0.15, 0.2) is 5.65 Å². The largest absolute Gasteiger partial charge is 0.391 e. The van der Waals surface area contributed by atoms with Gasteiger partial charge in [0.05, 0.1) is 29.9 Å². The van der Waals surface area contributed by atoms with Crippen molar-refractivity contribution >= 4 is 17.5 Å². The van der Waals surface area contributed by atoms with Crippen LogP contribution in [0.2, 0.25) is 0 Å². The highest BCUT2D eigenvalue weighted by Crippen LogP contribution is 2.27. The van der Waals surface area contributed by atoms with E-state index in [9.17, 15) is 14.7 Å². The van der Waals surface area contributed by atoms with Gasteiger partial charge in [0.2, 0.25) is 5.91 Å². The second kappa shape index (κ2) is 7.73. The van der Waals surface area contributed by atoms with Gasteiger partial charge in [-0.15, -0.1) is 10.2 Å². The summed E-state index contributed by atoms with van der Waals surface area (Å²) in [5.74, 6) is -0.869. The lowest BCUT2D eigenvalue weighted by Crippen LogP contribution is -2.40. The quantitative estimate of drug-likeness (QED) is 0.586. The third-order valence-corrected chi connectivity index (χ3v) is 4.95. The van der Waals surface area contributed by atoms with Crippen molar-refractivity contribution in [3.05, 3.63) is 60.3 Å². The lowest BCUT2D eigenvalue weighted by atomic mass is 10.1. The van der Waals surface area contributed by atoms with E-state index in [1.807, 2.05) is 18.2 Å². The van der Waals surface area contributed by atoms with Gasteiger partial charge in [0, 0.05) is 18.3 Å². The van der Waals surface area contributed by atoms with Gasteiger partial charge in [0.25, 0.3) is 5.91 Å². The number of aromatic nitrogens is 4. The number of nitrogens with zero attached hydrogens (tertiary/aromatic N) is 4. The molecular weight excluding hydrogens is 360 g/mol. The van der Waals surface area contributed by atoms with Gasteiger partial charge in [-0.25, -0.2) is 0 Å². The summed E-state index contributed by atoms with van der Waals surface area (Å²) in [6.07, 6.45) is 4.82. The van der Waals surface area contributed by atoms with Crippen molar-refractivity contribution in [3.8, 4) is 0 Å². The van der Waals surface area contributed by atoms with Gasteiger partial charge in [-0.1, -0.05) is 6.07 Å². The summed E-state index contributed by atoms with van der Waals surface area (Å²) in [5, 5.41) is 23.7. The van der Waals surface area contributed by atoms with Crippen LogP contribution in [0.3, 0.4) is 0 Å². The molecule has 2 amide bonds. The average Bonchev–Trinajstić information content (AvgIpc) is 3.33. The average molecular weight is 380 g/mol. The summed E-state index contributed by atoms with van der Waals surface area (Å²) >= 11 is 0. The van der Waals surface area contributed by atoms with Gasteiger partial charge >= 0.3 is 0 Å². The van der Waals surface area contributed by atoms with Crippen molar-refractivity contribution in [2.45, 2.75) is 31.5 Å². The summed E-state index contributed by atoms with van der Waals surface area (Å²) in [6, 6.07) is 8.38. The minimum Gasteiger partial charge on any atom is -0.391 e. The van der Waals surface area contributed by atoms with Crippen molar-refractivity contribution in [1.82, 2.24) is 30.2 Å². The molecular formula is C19H20N6O3. The fraction of sp³-hybridized carbons (Fsp3) is 0.316. The SMILES string of the molecule is O=C(N[C@@H]1C[C@H](C(=O)NCc2ccccn2)C[C@H]1O)c1cccn2cnnc12. The van der Waals surface area contributed by atoms with Crippen LogP contribution in [0.25, 0.3) is 5.65 Å². The van der Waals surface area contributed by atoms with Crippen molar-refractivity contribution in [3.63, 3.8) is 0 Å². The lowest BCUT2D eigenvalue weighted by Gasteiger charge is -2.16. The number of nitrogens with one attached hydrogen (secondary N) is 2. The number of hydrogen-bond acceptors (Lipinski definition) is 6. The predicted molar refractivity (Wildman–Crippen MR) is 99.1 cm³/mol. The molecule has 0 aliphatic heterocycles. The van der Waals surface area contributed by atoms with Crippen LogP contribution in [-0.4, -0.2) is 48.6 Å². The van der Waals surface area contributed by atoms with Crippen molar-refractivity contribution in [2.75, 3.05) is 0 Å². The summed E-state index contributed by atoms with van der Waals surface area (Å²) in [6.45, 7) is 0.332. The van der Waals surface area contributed by atoms with Crippen LogP contribution in [0.1, 0.15) is 28.9 Å². The molecule has 0 aromatic carbocycles. The molecule has 3 N–H and O–H groups in total. The Morgan fingerprint density at radius 1 is 1.21 bits per heavy atom. The molecule has 3 heterocycles. The zero-order valence-corrected chi connectivity index (χ0v) is 15.0. The smallest absolute Gasteiger partial charge is 0.255 e. The Balaban J connectivity index is 1.36. The predicted octanol–water partition coefficient (Wildman–Crippen LogP) is 0.310.